The normalized spacial score (nSPS) is 27.3. The number of hydrogen-bond donors (Lipinski definition) is 1. The first-order chi connectivity index (χ1) is 14.8. The molecule has 1 aromatic rings. The van der Waals surface area contributed by atoms with Gasteiger partial charge in [0, 0.05) is 24.3 Å². The summed E-state index contributed by atoms with van der Waals surface area (Å²) < 4.78 is 56.4. The van der Waals surface area contributed by atoms with Gasteiger partial charge in [-0.25, -0.2) is 4.79 Å². The zero-order chi connectivity index (χ0) is 24.1. The topological polar surface area (TPSA) is 99.1 Å². The van der Waals surface area contributed by atoms with Crippen LogP contribution in [0.5, 0.6) is 0 Å². The third-order valence-electron chi connectivity index (χ3n) is 5.78. The van der Waals surface area contributed by atoms with Crippen LogP contribution in [0.25, 0.3) is 0 Å². The number of hydrogen-bond acceptors (Lipinski definition) is 7. The lowest BCUT2D eigenvalue weighted by Gasteiger charge is -2.47. The van der Waals surface area contributed by atoms with Crippen LogP contribution >= 0.6 is 0 Å². The maximum Gasteiger partial charge on any atom is 0.456 e. The summed E-state index contributed by atoms with van der Waals surface area (Å²) in [6.07, 6.45) is -5.40. The maximum atomic E-state index is 14.1. The average Bonchev–Trinajstić information content (AvgIpc) is 2.70. The zero-order valence-electron chi connectivity index (χ0n) is 17.9. The summed E-state index contributed by atoms with van der Waals surface area (Å²) in [5.74, 6) is -10.6. The van der Waals surface area contributed by atoms with Crippen molar-refractivity contribution in [1.82, 2.24) is 0 Å². The molecular formula is C22H23F3O7. The van der Waals surface area contributed by atoms with Crippen molar-refractivity contribution in [1.29, 1.82) is 0 Å². The quantitative estimate of drug-likeness (QED) is 0.697. The Hall–Kier alpha value is -2.88. The van der Waals surface area contributed by atoms with Crippen LogP contribution in [0.2, 0.25) is 0 Å². The maximum absolute atomic E-state index is 14.1. The van der Waals surface area contributed by atoms with Gasteiger partial charge in [-0.05, 0) is 23.1 Å². The monoisotopic (exact) mass is 456 g/mol. The van der Waals surface area contributed by atoms with E-state index in [1.54, 1.807) is 13.8 Å². The number of carbonyl (C=O) groups excluding carboxylic acids is 3. The van der Waals surface area contributed by atoms with Gasteiger partial charge in [-0.1, -0.05) is 26.0 Å². The first-order valence-corrected chi connectivity index (χ1v) is 9.76. The van der Waals surface area contributed by atoms with E-state index < -0.39 is 46.9 Å². The van der Waals surface area contributed by atoms with Crippen molar-refractivity contribution >= 4 is 17.7 Å². The van der Waals surface area contributed by atoms with Gasteiger partial charge in [-0.3, -0.25) is 9.59 Å². The minimum absolute atomic E-state index is 0.0181. The van der Waals surface area contributed by atoms with Crippen LogP contribution in [0.4, 0.5) is 13.2 Å². The van der Waals surface area contributed by atoms with Crippen LogP contribution in [0, 0.1) is 11.3 Å². The van der Waals surface area contributed by atoms with Crippen molar-refractivity contribution in [2.45, 2.75) is 44.6 Å². The van der Waals surface area contributed by atoms with E-state index in [1.807, 2.05) is 0 Å². The van der Waals surface area contributed by atoms with Gasteiger partial charge in [-0.2, -0.15) is 13.2 Å². The summed E-state index contributed by atoms with van der Waals surface area (Å²) in [6.45, 7) is 3.38. The summed E-state index contributed by atoms with van der Waals surface area (Å²) >= 11 is 0. The highest BCUT2D eigenvalue weighted by atomic mass is 19.4. The Morgan fingerprint density at radius 2 is 1.69 bits per heavy atom. The molecule has 0 radical (unpaired) electrons. The Morgan fingerprint density at radius 1 is 1.09 bits per heavy atom. The van der Waals surface area contributed by atoms with E-state index in [2.05, 4.69) is 9.47 Å². The first-order valence-electron chi connectivity index (χ1n) is 9.76. The highest BCUT2D eigenvalue weighted by molar-refractivity contribution is 6.00. The Balaban J connectivity index is 2.27. The van der Waals surface area contributed by atoms with Gasteiger partial charge in [-0.15, -0.1) is 0 Å². The highest BCUT2D eigenvalue weighted by Gasteiger charge is 2.70. The van der Waals surface area contributed by atoms with Crippen LogP contribution < -0.4 is 0 Å². The fourth-order valence-electron chi connectivity index (χ4n) is 4.32. The van der Waals surface area contributed by atoms with E-state index in [0.29, 0.717) is 0 Å². The third kappa shape index (κ3) is 3.87. The Kier molecular flexibility index (Phi) is 5.88. The fourth-order valence-corrected chi connectivity index (χ4v) is 4.32. The molecule has 174 valence electrons. The number of Topliss-reactive ketones (excluding diaryl/α,β-unsaturated/α-hetero) is 1. The van der Waals surface area contributed by atoms with Crippen LogP contribution in [-0.2, 0) is 23.8 Å². The summed E-state index contributed by atoms with van der Waals surface area (Å²) in [4.78, 5) is 37.3. The van der Waals surface area contributed by atoms with E-state index in [9.17, 15) is 32.7 Å². The standard InChI is InChI=1S/C22H23F3O7/c1-20(2)9-13(26)16-14(10-20)32-21(29,22(23,24)25)17(19(28)31-4)15(16)11-5-7-12(8-6-11)18(27)30-3/h5-8,15,17,29H,9-10H2,1-4H3/t15-,17-,21+/m1/s1. The fraction of sp³-hybridized carbons (Fsp3) is 0.500. The number of ether oxygens (including phenoxy) is 3. The second-order valence-corrected chi connectivity index (χ2v) is 8.67. The smallest absolute Gasteiger partial charge is 0.456 e. The van der Waals surface area contributed by atoms with Gasteiger partial charge >= 0.3 is 23.9 Å². The van der Waals surface area contributed by atoms with E-state index in [1.165, 1.54) is 31.4 Å². The number of allylic oxidation sites excluding steroid dienone is 2. The molecule has 10 heteroatoms. The van der Waals surface area contributed by atoms with Crippen molar-refractivity contribution in [2.75, 3.05) is 14.2 Å². The van der Waals surface area contributed by atoms with Crippen LogP contribution in [0.15, 0.2) is 35.6 Å². The van der Waals surface area contributed by atoms with Crippen LogP contribution in [0.3, 0.4) is 0 Å². The van der Waals surface area contributed by atoms with E-state index in [-0.39, 0.29) is 35.3 Å². The van der Waals surface area contributed by atoms with E-state index in [0.717, 1.165) is 7.11 Å². The molecule has 0 bridgehead atoms. The highest BCUT2D eigenvalue weighted by Crippen LogP contribution is 2.56. The van der Waals surface area contributed by atoms with Crippen molar-refractivity contribution in [3.05, 3.63) is 46.7 Å². The van der Waals surface area contributed by atoms with Crippen molar-refractivity contribution < 1.29 is 46.9 Å². The lowest BCUT2D eigenvalue weighted by atomic mass is 9.66. The molecule has 1 heterocycles. The second-order valence-electron chi connectivity index (χ2n) is 8.67. The molecule has 0 saturated carbocycles. The molecule has 1 N–H and O–H groups in total. The van der Waals surface area contributed by atoms with Crippen molar-refractivity contribution in [3.8, 4) is 0 Å². The molecule has 0 spiro atoms. The number of alkyl halides is 3. The molecule has 1 aliphatic heterocycles. The molecule has 3 atom stereocenters. The third-order valence-corrected chi connectivity index (χ3v) is 5.78. The first kappa shape index (κ1) is 23.8. The Bertz CT molecular complexity index is 978. The molecule has 32 heavy (non-hydrogen) atoms. The molecule has 0 unspecified atom stereocenters. The summed E-state index contributed by atoms with van der Waals surface area (Å²) in [5.41, 5.74) is -0.590. The number of methoxy groups -OCH3 is 2. The largest absolute Gasteiger partial charge is 0.469 e. The molecule has 7 nitrogen and oxygen atoms in total. The van der Waals surface area contributed by atoms with Crippen LogP contribution in [0.1, 0.15) is 48.5 Å². The SMILES string of the molecule is COC(=O)c1ccc([C@@H]2C3=C(CC(C)(C)CC3=O)O[C@](O)(C(F)(F)F)[C@H]2C(=O)OC)cc1. The lowest BCUT2D eigenvalue weighted by molar-refractivity contribution is -0.378. The van der Waals surface area contributed by atoms with Crippen LogP contribution in [-0.4, -0.2) is 49.0 Å². The summed E-state index contributed by atoms with van der Waals surface area (Å²) in [7, 11) is 2.05. The van der Waals surface area contributed by atoms with Gasteiger partial charge in [0.2, 0.25) is 0 Å². The lowest BCUT2D eigenvalue weighted by Crippen LogP contribution is -2.61. The number of halogens is 3. The van der Waals surface area contributed by atoms with Crippen molar-refractivity contribution in [2.24, 2.45) is 11.3 Å². The van der Waals surface area contributed by atoms with Gasteiger partial charge in [0.15, 0.2) is 5.78 Å². The van der Waals surface area contributed by atoms with Crippen molar-refractivity contribution in [3.63, 3.8) is 0 Å². The predicted octanol–water partition coefficient (Wildman–Crippen LogP) is 3.27. The molecule has 0 fully saturated rings. The molecular weight excluding hydrogens is 433 g/mol. The predicted molar refractivity (Wildman–Crippen MR) is 103 cm³/mol. The van der Waals surface area contributed by atoms with E-state index >= 15 is 0 Å². The molecule has 1 aliphatic carbocycles. The number of aliphatic hydroxyl groups is 1. The molecule has 0 saturated heterocycles. The van der Waals surface area contributed by atoms with Gasteiger partial charge in [0.1, 0.15) is 11.7 Å². The number of rotatable bonds is 3. The number of ketones is 1. The van der Waals surface area contributed by atoms with Gasteiger partial charge < -0.3 is 19.3 Å². The second kappa shape index (κ2) is 7.91. The molecule has 1 aromatic carbocycles. The minimum atomic E-state index is -5.38. The summed E-state index contributed by atoms with van der Waals surface area (Å²) in [6, 6.07) is 5.23. The molecule has 0 amide bonds. The zero-order valence-corrected chi connectivity index (χ0v) is 17.9. The minimum Gasteiger partial charge on any atom is -0.469 e. The number of benzene rings is 1. The van der Waals surface area contributed by atoms with E-state index in [4.69, 9.17) is 4.74 Å². The van der Waals surface area contributed by atoms with Gasteiger partial charge in [0.25, 0.3) is 0 Å². The summed E-state index contributed by atoms with van der Waals surface area (Å²) in [5, 5.41) is 10.7. The Morgan fingerprint density at radius 3 is 2.19 bits per heavy atom. The average molecular weight is 456 g/mol. The van der Waals surface area contributed by atoms with Gasteiger partial charge in [0.05, 0.1) is 19.8 Å². The molecule has 0 aromatic heterocycles. The molecule has 3 rings (SSSR count). The Labute approximate surface area is 182 Å². The number of carbonyl (C=O) groups is 3. The molecule has 2 aliphatic rings. The number of esters is 2.